The smallest absolute Gasteiger partial charge is 0.331 e. The Morgan fingerprint density at radius 3 is 2.65 bits per heavy atom. The van der Waals surface area contributed by atoms with Crippen LogP contribution < -0.4 is 10.1 Å². The molecule has 1 aliphatic carbocycles. The van der Waals surface area contributed by atoms with Gasteiger partial charge in [-0.1, -0.05) is 19.3 Å². The first kappa shape index (κ1) is 17.8. The van der Waals surface area contributed by atoms with Gasteiger partial charge in [0, 0.05) is 12.1 Å². The van der Waals surface area contributed by atoms with Gasteiger partial charge in [-0.3, -0.25) is 19.8 Å². The summed E-state index contributed by atoms with van der Waals surface area (Å²) in [5.74, 6) is -2.99. The van der Waals surface area contributed by atoms with E-state index in [9.17, 15) is 28.9 Å². The standard InChI is InChI=1S/C16H16FN3O6/c17-10-4-5-11(20(24)25)12(8-10)26-13(21)9-19-14(22)16(18-15(19)23)6-2-1-3-7-16/h4-5,8H,1-3,6-7,9H2,(H,18,23). The third-order valence-electron chi connectivity index (χ3n) is 4.58. The highest BCUT2D eigenvalue weighted by molar-refractivity contribution is 6.08. The van der Waals surface area contributed by atoms with Crippen molar-refractivity contribution in [2.24, 2.45) is 0 Å². The van der Waals surface area contributed by atoms with Gasteiger partial charge in [0.05, 0.1) is 4.92 Å². The lowest BCUT2D eigenvalue weighted by atomic mass is 9.82. The van der Waals surface area contributed by atoms with Gasteiger partial charge >= 0.3 is 17.7 Å². The van der Waals surface area contributed by atoms with Crippen LogP contribution in [-0.4, -0.2) is 39.8 Å². The summed E-state index contributed by atoms with van der Waals surface area (Å²) < 4.78 is 18.1. The van der Waals surface area contributed by atoms with Crippen LogP contribution in [-0.2, 0) is 9.59 Å². The van der Waals surface area contributed by atoms with Crippen LogP contribution >= 0.6 is 0 Å². The Bertz CT molecular complexity index is 790. The molecule has 1 saturated carbocycles. The van der Waals surface area contributed by atoms with Crippen molar-refractivity contribution < 1.29 is 28.4 Å². The molecule has 1 aromatic carbocycles. The molecule has 2 aliphatic rings. The molecule has 1 aliphatic heterocycles. The number of hydrogen-bond donors (Lipinski definition) is 1. The average molecular weight is 365 g/mol. The van der Waals surface area contributed by atoms with Gasteiger partial charge < -0.3 is 10.1 Å². The van der Waals surface area contributed by atoms with Crippen LogP contribution in [0.1, 0.15) is 32.1 Å². The second-order valence-corrected chi connectivity index (χ2v) is 6.31. The van der Waals surface area contributed by atoms with Gasteiger partial charge in [-0.25, -0.2) is 14.0 Å². The fourth-order valence-corrected chi connectivity index (χ4v) is 3.32. The van der Waals surface area contributed by atoms with Crippen molar-refractivity contribution in [3.8, 4) is 5.75 Å². The Balaban J connectivity index is 1.73. The SMILES string of the molecule is O=C(CN1C(=O)NC2(CCCCC2)C1=O)Oc1cc(F)ccc1[N+](=O)[O-]. The number of carbonyl (C=O) groups is 3. The maximum absolute atomic E-state index is 13.3. The van der Waals surface area contributed by atoms with E-state index >= 15 is 0 Å². The number of rotatable bonds is 4. The molecule has 0 bridgehead atoms. The number of urea groups is 1. The van der Waals surface area contributed by atoms with E-state index in [2.05, 4.69) is 5.32 Å². The summed E-state index contributed by atoms with van der Waals surface area (Å²) in [4.78, 5) is 47.6. The quantitative estimate of drug-likeness (QED) is 0.286. The Hall–Kier alpha value is -3.04. The maximum Gasteiger partial charge on any atom is 0.331 e. The lowest BCUT2D eigenvalue weighted by Crippen LogP contribution is -2.48. The minimum absolute atomic E-state index is 0.499. The number of esters is 1. The maximum atomic E-state index is 13.3. The van der Waals surface area contributed by atoms with E-state index in [4.69, 9.17) is 4.74 Å². The lowest BCUT2D eigenvalue weighted by molar-refractivity contribution is -0.385. The van der Waals surface area contributed by atoms with Gasteiger partial charge in [-0.2, -0.15) is 0 Å². The number of imide groups is 1. The summed E-state index contributed by atoms with van der Waals surface area (Å²) >= 11 is 0. The van der Waals surface area contributed by atoms with Crippen LogP contribution in [0.4, 0.5) is 14.9 Å². The Labute approximate surface area is 147 Å². The van der Waals surface area contributed by atoms with Gasteiger partial charge in [0.1, 0.15) is 17.9 Å². The summed E-state index contributed by atoms with van der Waals surface area (Å²) in [6.07, 6.45) is 3.55. The molecule has 1 saturated heterocycles. The summed E-state index contributed by atoms with van der Waals surface area (Å²) in [6.45, 7) is -0.708. The van der Waals surface area contributed by atoms with E-state index in [1.165, 1.54) is 0 Å². The van der Waals surface area contributed by atoms with Crippen molar-refractivity contribution in [3.05, 3.63) is 34.1 Å². The molecule has 26 heavy (non-hydrogen) atoms. The molecule has 138 valence electrons. The van der Waals surface area contributed by atoms with Gasteiger partial charge in [0.2, 0.25) is 5.75 Å². The molecule has 3 amide bonds. The highest BCUT2D eigenvalue weighted by Gasteiger charge is 2.51. The number of halogens is 1. The lowest BCUT2D eigenvalue weighted by Gasteiger charge is -2.30. The van der Waals surface area contributed by atoms with Gasteiger partial charge in [-0.15, -0.1) is 0 Å². The van der Waals surface area contributed by atoms with E-state index in [0.29, 0.717) is 18.9 Å². The zero-order valence-electron chi connectivity index (χ0n) is 13.7. The van der Waals surface area contributed by atoms with E-state index in [1.54, 1.807) is 0 Å². The van der Waals surface area contributed by atoms with Crippen molar-refractivity contribution in [2.45, 2.75) is 37.6 Å². The molecular weight excluding hydrogens is 349 g/mol. The van der Waals surface area contributed by atoms with E-state index in [-0.39, 0.29) is 0 Å². The highest BCUT2D eigenvalue weighted by atomic mass is 19.1. The van der Waals surface area contributed by atoms with Crippen molar-refractivity contribution in [1.29, 1.82) is 0 Å². The largest absolute Gasteiger partial charge is 0.418 e. The summed E-state index contributed by atoms with van der Waals surface area (Å²) in [7, 11) is 0. The molecule has 0 radical (unpaired) electrons. The van der Waals surface area contributed by atoms with Crippen LogP contribution in [0.25, 0.3) is 0 Å². The molecule has 0 atom stereocenters. The topological polar surface area (TPSA) is 119 Å². The predicted molar refractivity (Wildman–Crippen MR) is 84.8 cm³/mol. The number of nitrogens with zero attached hydrogens (tertiary/aromatic N) is 2. The number of nitro groups is 1. The number of carbonyl (C=O) groups excluding carboxylic acids is 3. The average Bonchev–Trinajstić information content (AvgIpc) is 2.79. The zero-order valence-corrected chi connectivity index (χ0v) is 13.7. The van der Waals surface area contributed by atoms with Crippen LogP contribution in [0.15, 0.2) is 18.2 Å². The van der Waals surface area contributed by atoms with Crippen molar-refractivity contribution in [3.63, 3.8) is 0 Å². The Morgan fingerprint density at radius 2 is 2.00 bits per heavy atom. The number of nitro benzene ring substituents is 1. The molecule has 1 spiro atoms. The Morgan fingerprint density at radius 1 is 1.31 bits per heavy atom. The minimum atomic E-state index is -1.07. The highest BCUT2D eigenvalue weighted by Crippen LogP contribution is 2.34. The molecule has 0 aromatic heterocycles. The molecule has 0 unspecified atom stereocenters. The molecular formula is C16H16FN3O6. The second-order valence-electron chi connectivity index (χ2n) is 6.31. The molecule has 3 rings (SSSR count). The van der Waals surface area contributed by atoms with Crippen molar-refractivity contribution in [1.82, 2.24) is 10.2 Å². The third-order valence-corrected chi connectivity index (χ3v) is 4.58. The summed E-state index contributed by atoms with van der Waals surface area (Å²) in [5, 5.41) is 13.6. The van der Waals surface area contributed by atoms with Crippen molar-refractivity contribution in [2.75, 3.05) is 6.54 Å². The number of hydrogen-bond acceptors (Lipinski definition) is 6. The minimum Gasteiger partial charge on any atom is -0.418 e. The summed E-state index contributed by atoms with van der Waals surface area (Å²) in [6, 6.07) is 1.72. The van der Waals surface area contributed by atoms with E-state index < -0.39 is 52.2 Å². The van der Waals surface area contributed by atoms with E-state index in [0.717, 1.165) is 36.3 Å². The first-order valence-corrected chi connectivity index (χ1v) is 8.11. The van der Waals surface area contributed by atoms with Gasteiger partial charge in [0.25, 0.3) is 5.91 Å². The van der Waals surface area contributed by atoms with Gasteiger partial charge in [-0.05, 0) is 18.9 Å². The van der Waals surface area contributed by atoms with Crippen LogP contribution in [0.3, 0.4) is 0 Å². The molecule has 1 heterocycles. The zero-order chi connectivity index (χ0) is 18.9. The Kier molecular flexibility index (Phi) is 4.58. The molecule has 1 N–H and O–H groups in total. The summed E-state index contributed by atoms with van der Waals surface area (Å²) in [5.41, 5.74) is -1.58. The van der Waals surface area contributed by atoms with Crippen molar-refractivity contribution >= 4 is 23.6 Å². The fraction of sp³-hybridized carbons (Fsp3) is 0.438. The fourth-order valence-electron chi connectivity index (χ4n) is 3.32. The number of ether oxygens (including phenoxy) is 1. The number of nitrogens with one attached hydrogen (secondary N) is 1. The number of amides is 3. The normalized spacial score (nSPS) is 18.7. The van der Waals surface area contributed by atoms with Gasteiger partial charge in [0.15, 0.2) is 0 Å². The molecule has 1 aromatic rings. The van der Waals surface area contributed by atoms with E-state index in [1.807, 2.05) is 0 Å². The monoisotopic (exact) mass is 365 g/mol. The number of benzene rings is 1. The first-order chi connectivity index (χ1) is 12.3. The van der Waals surface area contributed by atoms with Crippen LogP contribution in [0.5, 0.6) is 5.75 Å². The molecule has 10 heteroatoms. The first-order valence-electron chi connectivity index (χ1n) is 8.11. The van der Waals surface area contributed by atoms with Crippen LogP contribution in [0, 0.1) is 15.9 Å². The second kappa shape index (κ2) is 6.70. The van der Waals surface area contributed by atoms with Crippen LogP contribution in [0.2, 0.25) is 0 Å². The molecule has 9 nitrogen and oxygen atoms in total. The third kappa shape index (κ3) is 3.22. The molecule has 2 fully saturated rings. The predicted octanol–water partition coefficient (Wildman–Crippen LogP) is 1.89.